The third-order valence-corrected chi connectivity index (χ3v) is 6.39. The number of benzene rings is 1. The molecule has 1 aliphatic rings. The van der Waals surface area contributed by atoms with Crippen LogP contribution in [-0.4, -0.2) is 49.8 Å². The van der Waals surface area contributed by atoms with Gasteiger partial charge in [-0.3, -0.25) is 14.9 Å². The Morgan fingerprint density at radius 1 is 1.21 bits per heavy atom. The van der Waals surface area contributed by atoms with Gasteiger partial charge in [-0.2, -0.15) is 4.31 Å². The molecular weight excluding hydrogens is 390 g/mol. The van der Waals surface area contributed by atoms with Crippen molar-refractivity contribution >= 4 is 21.8 Å². The zero-order chi connectivity index (χ0) is 20.3. The highest BCUT2D eigenvalue weighted by Crippen LogP contribution is 2.23. The number of amides is 1. The maximum Gasteiger partial charge on any atom is 0.433 e. The molecule has 0 atom stereocenters. The van der Waals surface area contributed by atoms with Gasteiger partial charge in [-0.15, -0.1) is 0 Å². The van der Waals surface area contributed by atoms with Crippen LogP contribution in [0.1, 0.15) is 23.4 Å². The molecule has 1 aliphatic heterocycles. The molecule has 2 heterocycles. The number of furan rings is 1. The zero-order valence-corrected chi connectivity index (χ0v) is 15.8. The molecule has 1 fully saturated rings. The number of sulfonamides is 1. The first-order valence-electron chi connectivity index (χ1n) is 8.50. The first-order chi connectivity index (χ1) is 13.3. The molecule has 11 heteroatoms. The molecule has 2 aromatic rings. The van der Waals surface area contributed by atoms with Gasteiger partial charge in [0.2, 0.25) is 10.0 Å². The number of nitro groups is 1. The summed E-state index contributed by atoms with van der Waals surface area (Å²) < 4.78 is 36.7. The van der Waals surface area contributed by atoms with Crippen LogP contribution < -0.4 is 10.1 Å². The summed E-state index contributed by atoms with van der Waals surface area (Å²) in [5.41, 5.74) is 0. The molecule has 0 bridgehead atoms. The first kappa shape index (κ1) is 19.8. The summed E-state index contributed by atoms with van der Waals surface area (Å²) in [5, 5.41) is 13.3. The van der Waals surface area contributed by atoms with Crippen molar-refractivity contribution in [2.45, 2.75) is 23.8 Å². The molecule has 1 saturated heterocycles. The van der Waals surface area contributed by atoms with Crippen molar-refractivity contribution in [3.05, 3.63) is 52.3 Å². The Kier molecular flexibility index (Phi) is 5.66. The van der Waals surface area contributed by atoms with Crippen LogP contribution in [0, 0.1) is 10.1 Å². The van der Waals surface area contributed by atoms with Crippen LogP contribution in [0.15, 0.2) is 45.7 Å². The normalized spacial score (nSPS) is 15.9. The molecule has 28 heavy (non-hydrogen) atoms. The van der Waals surface area contributed by atoms with E-state index in [1.807, 2.05) is 0 Å². The first-order valence-corrected chi connectivity index (χ1v) is 9.94. The molecule has 150 valence electrons. The third-order valence-electron chi connectivity index (χ3n) is 4.48. The number of hydrogen-bond acceptors (Lipinski definition) is 7. The molecule has 10 nitrogen and oxygen atoms in total. The van der Waals surface area contributed by atoms with E-state index in [0.29, 0.717) is 18.6 Å². The zero-order valence-electron chi connectivity index (χ0n) is 15.0. The molecule has 0 unspecified atom stereocenters. The van der Waals surface area contributed by atoms with Gasteiger partial charge in [-0.25, -0.2) is 8.42 Å². The SMILES string of the molecule is COc1ccc(S(=O)(=O)N2CCC(NC(=O)c3ccc([N+](=O)[O-])o3)CC2)cc1. The lowest BCUT2D eigenvalue weighted by atomic mass is 10.1. The van der Waals surface area contributed by atoms with E-state index in [9.17, 15) is 23.3 Å². The van der Waals surface area contributed by atoms with Gasteiger partial charge >= 0.3 is 5.88 Å². The summed E-state index contributed by atoms with van der Waals surface area (Å²) >= 11 is 0. The number of nitrogens with zero attached hydrogens (tertiary/aromatic N) is 2. The van der Waals surface area contributed by atoms with Gasteiger partial charge in [-0.05, 0) is 43.2 Å². The predicted octanol–water partition coefficient (Wildman–Crippen LogP) is 1.78. The Balaban J connectivity index is 1.58. The van der Waals surface area contributed by atoms with Crippen molar-refractivity contribution in [2.75, 3.05) is 20.2 Å². The van der Waals surface area contributed by atoms with Crippen molar-refractivity contribution < 1.29 is 27.3 Å². The second-order valence-electron chi connectivity index (χ2n) is 6.22. The van der Waals surface area contributed by atoms with Gasteiger partial charge in [-0.1, -0.05) is 0 Å². The van der Waals surface area contributed by atoms with Gasteiger partial charge in [0.25, 0.3) is 5.91 Å². The molecule has 0 spiro atoms. The second-order valence-corrected chi connectivity index (χ2v) is 8.16. The van der Waals surface area contributed by atoms with Crippen molar-refractivity contribution in [3.8, 4) is 5.75 Å². The lowest BCUT2D eigenvalue weighted by Gasteiger charge is -2.31. The molecule has 0 saturated carbocycles. The third kappa shape index (κ3) is 4.15. The quantitative estimate of drug-likeness (QED) is 0.568. The van der Waals surface area contributed by atoms with E-state index >= 15 is 0 Å². The van der Waals surface area contributed by atoms with E-state index in [-0.39, 0.29) is 29.8 Å². The van der Waals surface area contributed by atoms with E-state index in [0.717, 1.165) is 6.07 Å². The van der Waals surface area contributed by atoms with Crippen molar-refractivity contribution in [2.24, 2.45) is 0 Å². The number of nitrogens with one attached hydrogen (secondary N) is 1. The summed E-state index contributed by atoms with van der Waals surface area (Å²) in [5.74, 6) is -0.659. The van der Waals surface area contributed by atoms with E-state index < -0.39 is 26.7 Å². The van der Waals surface area contributed by atoms with Crippen molar-refractivity contribution in [1.82, 2.24) is 9.62 Å². The van der Waals surface area contributed by atoms with Crippen molar-refractivity contribution in [1.29, 1.82) is 0 Å². The van der Waals surface area contributed by atoms with E-state index in [1.54, 1.807) is 12.1 Å². The highest BCUT2D eigenvalue weighted by atomic mass is 32.2. The van der Waals surface area contributed by atoms with Gasteiger partial charge in [0.05, 0.1) is 18.1 Å². The summed E-state index contributed by atoms with van der Waals surface area (Å²) in [6.07, 6.45) is 0.841. The number of carbonyl (C=O) groups is 1. The Labute approximate surface area is 161 Å². The smallest absolute Gasteiger partial charge is 0.433 e. The number of hydrogen-bond donors (Lipinski definition) is 1. The Hall–Kier alpha value is -2.92. The monoisotopic (exact) mass is 409 g/mol. The maximum atomic E-state index is 12.7. The molecule has 1 aromatic heterocycles. The average Bonchev–Trinajstić information content (AvgIpc) is 3.19. The number of methoxy groups -OCH3 is 1. The summed E-state index contributed by atoms with van der Waals surface area (Å²) in [6.45, 7) is 0.495. The highest BCUT2D eigenvalue weighted by Gasteiger charge is 2.30. The maximum absolute atomic E-state index is 12.7. The molecule has 1 amide bonds. The van der Waals surface area contributed by atoms with Gasteiger partial charge in [0.1, 0.15) is 10.7 Å². The fourth-order valence-corrected chi connectivity index (χ4v) is 4.41. The number of carbonyl (C=O) groups excluding carboxylic acids is 1. The number of ether oxygens (including phenoxy) is 1. The molecule has 0 radical (unpaired) electrons. The summed E-state index contributed by atoms with van der Waals surface area (Å²) in [7, 11) is -2.12. The van der Waals surface area contributed by atoms with Gasteiger partial charge in [0, 0.05) is 19.1 Å². The largest absolute Gasteiger partial charge is 0.497 e. The second kappa shape index (κ2) is 7.98. The Morgan fingerprint density at radius 3 is 2.39 bits per heavy atom. The molecule has 0 aliphatic carbocycles. The fourth-order valence-electron chi connectivity index (χ4n) is 2.94. The van der Waals surface area contributed by atoms with Crippen LogP contribution in [0.4, 0.5) is 5.88 Å². The van der Waals surface area contributed by atoms with Crippen LogP contribution in [-0.2, 0) is 10.0 Å². The lowest BCUT2D eigenvalue weighted by Crippen LogP contribution is -2.46. The molecule has 3 rings (SSSR count). The predicted molar refractivity (Wildman–Crippen MR) is 97.6 cm³/mol. The highest BCUT2D eigenvalue weighted by molar-refractivity contribution is 7.89. The average molecular weight is 409 g/mol. The lowest BCUT2D eigenvalue weighted by molar-refractivity contribution is -0.402. The molecule has 1 aromatic carbocycles. The van der Waals surface area contributed by atoms with Crippen LogP contribution in [0.3, 0.4) is 0 Å². The standard InChI is InChI=1S/C17H19N3O7S/c1-26-13-2-4-14(5-3-13)28(24,25)19-10-8-12(9-11-19)18-17(21)15-6-7-16(27-15)20(22)23/h2-7,12H,8-11H2,1H3,(H,18,21). The summed E-state index contributed by atoms with van der Waals surface area (Å²) in [4.78, 5) is 22.2. The minimum Gasteiger partial charge on any atom is -0.497 e. The van der Waals surface area contributed by atoms with E-state index in [1.165, 1.54) is 29.6 Å². The minimum absolute atomic E-state index is 0.153. The van der Waals surface area contributed by atoms with Crippen LogP contribution in [0.2, 0.25) is 0 Å². The summed E-state index contributed by atoms with van der Waals surface area (Å²) in [6, 6.07) is 8.25. The topological polar surface area (TPSA) is 132 Å². The molecule has 1 N–H and O–H groups in total. The Bertz CT molecular complexity index is 961. The van der Waals surface area contributed by atoms with Crippen LogP contribution >= 0.6 is 0 Å². The van der Waals surface area contributed by atoms with Crippen LogP contribution in [0.5, 0.6) is 5.75 Å². The number of piperidine rings is 1. The minimum atomic E-state index is -3.63. The van der Waals surface area contributed by atoms with E-state index in [4.69, 9.17) is 9.15 Å². The van der Waals surface area contributed by atoms with Gasteiger partial charge in [0.15, 0.2) is 5.76 Å². The molecular formula is C17H19N3O7S. The Morgan fingerprint density at radius 2 is 1.86 bits per heavy atom. The van der Waals surface area contributed by atoms with Gasteiger partial charge < -0.3 is 14.5 Å². The fraction of sp³-hybridized carbons (Fsp3) is 0.353. The van der Waals surface area contributed by atoms with Crippen LogP contribution in [0.25, 0.3) is 0 Å². The van der Waals surface area contributed by atoms with Crippen molar-refractivity contribution in [3.63, 3.8) is 0 Å². The number of rotatable bonds is 6. The van der Waals surface area contributed by atoms with E-state index in [2.05, 4.69) is 5.32 Å².